The van der Waals surface area contributed by atoms with Crippen molar-refractivity contribution < 1.29 is 9.47 Å². The van der Waals surface area contributed by atoms with Crippen molar-refractivity contribution in [3.05, 3.63) is 6.92 Å². The maximum Gasteiger partial charge on any atom is 0.0805 e. The second-order valence-corrected chi connectivity index (χ2v) is 2.24. The number of hydrogen-bond acceptors (Lipinski definition) is 2. The van der Waals surface area contributed by atoms with E-state index in [0.717, 1.165) is 0 Å². The van der Waals surface area contributed by atoms with Gasteiger partial charge in [-0.1, -0.05) is 0 Å². The molecule has 0 saturated heterocycles. The van der Waals surface area contributed by atoms with E-state index in [2.05, 4.69) is 6.92 Å². The Labute approximate surface area is 57.2 Å². The van der Waals surface area contributed by atoms with E-state index in [0.29, 0.717) is 6.61 Å². The molecule has 0 rings (SSSR count). The van der Waals surface area contributed by atoms with E-state index >= 15 is 0 Å². The lowest BCUT2D eigenvalue weighted by Gasteiger charge is -2.11. The zero-order valence-corrected chi connectivity index (χ0v) is 6.39. The van der Waals surface area contributed by atoms with Gasteiger partial charge in [0.1, 0.15) is 0 Å². The molecule has 0 aromatic heterocycles. The Hall–Kier alpha value is -0.0800. The predicted molar refractivity (Wildman–Crippen MR) is 37.2 cm³/mol. The van der Waals surface area contributed by atoms with E-state index in [-0.39, 0.29) is 12.2 Å². The molecule has 55 valence electrons. The molecule has 0 aliphatic carbocycles. The van der Waals surface area contributed by atoms with E-state index < -0.39 is 0 Å². The normalized spacial score (nSPS) is 14.3. The van der Waals surface area contributed by atoms with Crippen molar-refractivity contribution in [1.29, 1.82) is 0 Å². The summed E-state index contributed by atoms with van der Waals surface area (Å²) in [6.07, 6.45) is 0.233. The minimum Gasteiger partial charge on any atom is -0.379 e. The Morgan fingerprint density at radius 2 is 2.00 bits per heavy atom. The highest BCUT2D eigenvalue weighted by Crippen LogP contribution is 1.92. The molecule has 0 aromatic rings. The molecule has 0 aromatic carbocycles. The number of ether oxygens (including phenoxy) is 2. The van der Waals surface area contributed by atoms with Gasteiger partial charge < -0.3 is 9.47 Å². The van der Waals surface area contributed by atoms with Gasteiger partial charge in [0.15, 0.2) is 0 Å². The minimum atomic E-state index is -0.0348. The second kappa shape index (κ2) is 4.77. The summed E-state index contributed by atoms with van der Waals surface area (Å²) in [4.78, 5) is 0. The average Bonchev–Trinajstić information content (AvgIpc) is 1.83. The third kappa shape index (κ3) is 5.80. The summed E-state index contributed by atoms with van der Waals surface area (Å²) in [6, 6.07) is 0. The summed E-state index contributed by atoms with van der Waals surface area (Å²) in [7, 11) is 1.63. The highest BCUT2D eigenvalue weighted by molar-refractivity contribution is 4.56. The molecule has 0 aliphatic rings. The lowest BCUT2D eigenvalue weighted by atomic mass is 10.4. The van der Waals surface area contributed by atoms with Gasteiger partial charge in [0.05, 0.1) is 18.8 Å². The Bertz CT molecular complexity index is 61.9. The van der Waals surface area contributed by atoms with Crippen LogP contribution in [0.4, 0.5) is 0 Å². The van der Waals surface area contributed by atoms with Crippen molar-refractivity contribution in [1.82, 2.24) is 0 Å². The lowest BCUT2D eigenvalue weighted by molar-refractivity contribution is 0.00394. The molecule has 0 bridgehead atoms. The average molecular weight is 131 g/mol. The highest BCUT2D eigenvalue weighted by Gasteiger charge is 1.99. The highest BCUT2D eigenvalue weighted by atomic mass is 16.5. The van der Waals surface area contributed by atoms with Crippen LogP contribution in [0.1, 0.15) is 13.8 Å². The van der Waals surface area contributed by atoms with Gasteiger partial charge in [0.2, 0.25) is 0 Å². The van der Waals surface area contributed by atoms with Gasteiger partial charge in [-0.15, -0.1) is 0 Å². The van der Waals surface area contributed by atoms with Gasteiger partial charge in [0, 0.05) is 7.11 Å². The molecule has 0 spiro atoms. The summed E-state index contributed by atoms with van der Waals surface area (Å²) in [5.41, 5.74) is 0. The van der Waals surface area contributed by atoms with Gasteiger partial charge >= 0.3 is 0 Å². The molecule has 9 heavy (non-hydrogen) atoms. The van der Waals surface area contributed by atoms with E-state index in [1.807, 2.05) is 13.8 Å². The van der Waals surface area contributed by atoms with Crippen LogP contribution in [-0.2, 0) is 9.47 Å². The van der Waals surface area contributed by atoms with Gasteiger partial charge in [-0.2, -0.15) is 0 Å². The minimum absolute atomic E-state index is 0.0348. The van der Waals surface area contributed by atoms with Crippen LogP contribution in [0.5, 0.6) is 0 Å². The fourth-order valence-corrected chi connectivity index (χ4v) is 0.368. The van der Waals surface area contributed by atoms with Crippen LogP contribution in [0.2, 0.25) is 0 Å². The quantitative estimate of drug-likeness (QED) is 0.572. The number of hydrogen-bond donors (Lipinski definition) is 0. The van der Waals surface area contributed by atoms with Crippen LogP contribution in [0.3, 0.4) is 0 Å². The van der Waals surface area contributed by atoms with Crippen molar-refractivity contribution in [2.24, 2.45) is 0 Å². The monoisotopic (exact) mass is 131 g/mol. The van der Waals surface area contributed by atoms with Crippen LogP contribution < -0.4 is 0 Å². The smallest absolute Gasteiger partial charge is 0.0805 e. The molecule has 1 radical (unpaired) electrons. The molecule has 0 aliphatic heterocycles. The largest absolute Gasteiger partial charge is 0.379 e. The van der Waals surface area contributed by atoms with Crippen molar-refractivity contribution in [2.45, 2.75) is 26.1 Å². The Balaban J connectivity index is 3.06. The molecule has 0 amide bonds. The van der Waals surface area contributed by atoms with E-state index in [9.17, 15) is 0 Å². The molecule has 0 fully saturated rings. The maximum atomic E-state index is 5.21. The Morgan fingerprint density at radius 3 is 2.33 bits per heavy atom. The predicted octanol–water partition coefficient (Wildman–Crippen LogP) is 1.26. The molecular weight excluding hydrogens is 116 g/mol. The molecule has 0 heterocycles. The molecule has 2 nitrogen and oxygen atoms in total. The van der Waals surface area contributed by atoms with Crippen molar-refractivity contribution in [3.63, 3.8) is 0 Å². The maximum absolute atomic E-state index is 5.21. The van der Waals surface area contributed by atoms with Crippen LogP contribution in [0.25, 0.3) is 0 Å². The SMILES string of the molecule is [CH2]C(COC(C)C)OC. The number of rotatable bonds is 4. The fraction of sp³-hybridized carbons (Fsp3) is 0.857. The lowest BCUT2D eigenvalue weighted by Crippen LogP contribution is -2.17. The molecule has 0 saturated carbocycles. The van der Waals surface area contributed by atoms with E-state index in [1.54, 1.807) is 7.11 Å². The molecule has 1 atom stereocenters. The third-order valence-electron chi connectivity index (χ3n) is 0.949. The summed E-state index contributed by atoms with van der Waals surface area (Å²) in [6.45, 7) is 8.24. The van der Waals surface area contributed by atoms with Gasteiger partial charge in [-0.3, -0.25) is 0 Å². The first kappa shape index (κ1) is 8.92. The van der Waals surface area contributed by atoms with Crippen LogP contribution >= 0.6 is 0 Å². The third-order valence-corrected chi connectivity index (χ3v) is 0.949. The zero-order chi connectivity index (χ0) is 7.28. The summed E-state index contributed by atoms with van der Waals surface area (Å²) < 4.78 is 10.1. The second-order valence-electron chi connectivity index (χ2n) is 2.24. The first-order valence-corrected chi connectivity index (χ1v) is 3.14. The summed E-state index contributed by atoms with van der Waals surface area (Å²) in [5.74, 6) is 0. The van der Waals surface area contributed by atoms with Crippen molar-refractivity contribution >= 4 is 0 Å². The number of methoxy groups -OCH3 is 1. The topological polar surface area (TPSA) is 18.5 Å². The molecule has 2 heteroatoms. The first-order valence-electron chi connectivity index (χ1n) is 3.14. The van der Waals surface area contributed by atoms with Gasteiger partial charge in [-0.25, -0.2) is 0 Å². The van der Waals surface area contributed by atoms with E-state index in [4.69, 9.17) is 9.47 Å². The van der Waals surface area contributed by atoms with E-state index in [1.165, 1.54) is 0 Å². The molecule has 1 unspecified atom stereocenters. The van der Waals surface area contributed by atoms with Gasteiger partial charge in [0.25, 0.3) is 0 Å². The van der Waals surface area contributed by atoms with Crippen LogP contribution in [0, 0.1) is 6.92 Å². The zero-order valence-electron chi connectivity index (χ0n) is 6.39. The summed E-state index contributed by atoms with van der Waals surface area (Å²) >= 11 is 0. The van der Waals surface area contributed by atoms with Crippen LogP contribution in [-0.4, -0.2) is 25.9 Å². The Morgan fingerprint density at radius 1 is 1.44 bits per heavy atom. The van der Waals surface area contributed by atoms with Crippen molar-refractivity contribution in [3.8, 4) is 0 Å². The summed E-state index contributed by atoms with van der Waals surface area (Å²) in [5, 5.41) is 0. The molecule has 0 N–H and O–H groups in total. The van der Waals surface area contributed by atoms with Crippen molar-refractivity contribution in [2.75, 3.05) is 13.7 Å². The molecular formula is C7H15O2. The standard InChI is InChI=1S/C7H15O2/c1-6(2)9-5-7(3)8-4/h6-7H,3,5H2,1-2,4H3. The van der Waals surface area contributed by atoms with Crippen LogP contribution in [0.15, 0.2) is 0 Å². The van der Waals surface area contributed by atoms with Gasteiger partial charge in [-0.05, 0) is 20.8 Å². The fourth-order valence-electron chi connectivity index (χ4n) is 0.368. The Kier molecular flexibility index (Phi) is 4.72. The first-order chi connectivity index (χ1) is 4.16.